The molecule has 11 heteroatoms. The van der Waals surface area contributed by atoms with E-state index in [1.807, 2.05) is 66.0 Å². The largest absolute Gasteiger partial charge is 0.381 e. The third kappa shape index (κ3) is 7.83. The van der Waals surface area contributed by atoms with Crippen LogP contribution in [-0.2, 0) is 20.8 Å². The zero-order valence-electron chi connectivity index (χ0n) is 26.9. The quantitative estimate of drug-likeness (QED) is 0.121. The monoisotopic (exact) mass is 704 g/mol. The van der Waals surface area contributed by atoms with Gasteiger partial charge in [-0.2, -0.15) is 0 Å². The highest BCUT2D eigenvalue weighted by Gasteiger charge is 2.33. The van der Waals surface area contributed by atoms with Crippen LogP contribution in [0.1, 0.15) is 43.6 Å². The van der Waals surface area contributed by atoms with Crippen molar-refractivity contribution in [2.45, 2.75) is 18.9 Å². The number of carbonyl (C=O) groups is 5. The Morgan fingerprint density at radius 1 is 0.800 bits per heavy atom. The van der Waals surface area contributed by atoms with Crippen molar-refractivity contribution in [3.63, 3.8) is 0 Å². The number of amides is 3. The predicted molar refractivity (Wildman–Crippen MR) is 197 cm³/mol. The van der Waals surface area contributed by atoms with Crippen LogP contribution >= 0.6 is 22.9 Å². The Bertz CT molecular complexity index is 2080. The van der Waals surface area contributed by atoms with Crippen LogP contribution in [0, 0.1) is 0 Å². The molecule has 0 bridgehead atoms. The van der Waals surface area contributed by atoms with Crippen LogP contribution in [0.15, 0.2) is 120 Å². The van der Waals surface area contributed by atoms with Gasteiger partial charge in [-0.1, -0.05) is 60.7 Å². The Hall–Kier alpha value is -5.58. The second-order valence-corrected chi connectivity index (χ2v) is 12.9. The molecular formula is C39H33ClN4O5S. The summed E-state index contributed by atoms with van der Waals surface area (Å²) in [6.45, 7) is 0.511. The van der Waals surface area contributed by atoms with E-state index in [-0.39, 0.29) is 47.9 Å². The number of nitrogens with one attached hydrogen (secondary N) is 3. The van der Waals surface area contributed by atoms with Crippen LogP contribution in [-0.4, -0.2) is 48.3 Å². The summed E-state index contributed by atoms with van der Waals surface area (Å²) in [4.78, 5) is 67.7. The predicted octanol–water partition coefficient (Wildman–Crippen LogP) is 6.45. The summed E-state index contributed by atoms with van der Waals surface area (Å²) in [7, 11) is 0. The number of benzene rings is 4. The molecule has 0 radical (unpaired) electrons. The third-order valence-corrected chi connectivity index (χ3v) is 9.42. The fourth-order valence-electron chi connectivity index (χ4n) is 5.82. The summed E-state index contributed by atoms with van der Waals surface area (Å²) in [5, 5.41) is 12.3. The van der Waals surface area contributed by atoms with Crippen LogP contribution < -0.4 is 20.9 Å². The molecule has 5 aromatic rings. The summed E-state index contributed by atoms with van der Waals surface area (Å²) >= 11 is 7.40. The fraction of sp³-hybridized carbons (Fsp3) is 0.154. The number of hydrogen-bond acceptors (Lipinski definition) is 7. The standard InChI is InChI=1S/C39H33ClN4O5S/c40-24-36(47)44(37(34-11-6-20-50-34)39(49)42-18-16-25-7-2-1-3-8-25)29-14-12-28(13-15-29)43-35(46)17-19-41-32-23-33(45)30-21-26-9-4-5-10-27(26)22-31(30)38(32)48/h1-15,20-23,37,41H,16-19,24H2,(H,42,49)(H,43,46). The number of ketones is 2. The van der Waals surface area contributed by atoms with Crippen molar-refractivity contribution in [1.82, 2.24) is 10.6 Å². The number of halogens is 1. The van der Waals surface area contributed by atoms with E-state index in [0.29, 0.717) is 40.3 Å². The van der Waals surface area contributed by atoms with Crippen molar-refractivity contribution in [2.75, 3.05) is 29.2 Å². The maximum Gasteiger partial charge on any atom is 0.248 e. The Kier molecular flexibility index (Phi) is 10.8. The van der Waals surface area contributed by atoms with Crippen LogP contribution in [0.25, 0.3) is 10.8 Å². The average Bonchev–Trinajstić information content (AvgIpc) is 3.67. The minimum Gasteiger partial charge on any atom is -0.381 e. The number of hydrogen-bond donors (Lipinski definition) is 3. The molecule has 0 saturated carbocycles. The van der Waals surface area contributed by atoms with Gasteiger partial charge in [0.2, 0.25) is 23.5 Å². The van der Waals surface area contributed by atoms with Crippen molar-refractivity contribution in [2.24, 2.45) is 0 Å². The van der Waals surface area contributed by atoms with Gasteiger partial charge in [0.1, 0.15) is 11.9 Å². The van der Waals surface area contributed by atoms with Crippen molar-refractivity contribution in [1.29, 1.82) is 0 Å². The summed E-state index contributed by atoms with van der Waals surface area (Å²) in [5.74, 6) is -2.02. The lowest BCUT2D eigenvalue weighted by molar-refractivity contribution is -0.125. The molecule has 0 saturated heterocycles. The lowest BCUT2D eigenvalue weighted by Crippen LogP contribution is -2.44. The number of nitrogens with zero attached hydrogens (tertiary/aromatic N) is 1. The van der Waals surface area contributed by atoms with Gasteiger partial charge in [-0.05, 0) is 70.6 Å². The van der Waals surface area contributed by atoms with Crippen molar-refractivity contribution in [3.8, 4) is 0 Å². The second-order valence-electron chi connectivity index (χ2n) is 11.6. The molecule has 1 aliphatic rings. The first-order valence-corrected chi connectivity index (χ1v) is 17.4. The molecule has 9 nitrogen and oxygen atoms in total. The zero-order valence-corrected chi connectivity index (χ0v) is 28.4. The summed E-state index contributed by atoms with van der Waals surface area (Å²) in [5.41, 5.74) is 2.82. The number of alkyl halides is 1. The Morgan fingerprint density at radius 2 is 1.50 bits per heavy atom. The molecule has 1 atom stereocenters. The van der Waals surface area contributed by atoms with Crippen molar-refractivity contribution < 1.29 is 24.0 Å². The first-order valence-electron chi connectivity index (χ1n) is 16.0. The van der Waals surface area contributed by atoms with E-state index in [0.717, 1.165) is 16.3 Å². The summed E-state index contributed by atoms with van der Waals surface area (Å²) in [6, 6.07) is 30.0. The molecule has 0 spiro atoms. The number of Topliss-reactive ketones (excluding diaryl/α,β-unsaturated/α-hetero) is 1. The van der Waals surface area contributed by atoms with Crippen molar-refractivity contribution >= 4 is 74.4 Å². The number of thiophene rings is 1. The van der Waals surface area contributed by atoms with Gasteiger partial charge in [0.25, 0.3) is 0 Å². The SMILES string of the molecule is O=C(CCNC1=CC(=O)c2cc3ccccc3cc2C1=O)Nc1ccc(N(C(=O)CCl)C(C(=O)NCCc2ccccc2)c2cccs2)cc1. The lowest BCUT2D eigenvalue weighted by Gasteiger charge is -2.30. The first kappa shape index (κ1) is 34.3. The normalized spacial score (nSPS) is 12.9. The molecule has 1 aliphatic carbocycles. The molecule has 3 N–H and O–H groups in total. The van der Waals surface area contributed by atoms with Crippen LogP contribution in [0.4, 0.5) is 11.4 Å². The highest BCUT2D eigenvalue weighted by molar-refractivity contribution is 7.10. The number of carbonyl (C=O) groups excluding carboxylic acids is 5. The first-order chi connectivity index (χ1) is 24.3. The van der Waals surface area contributed by atoms with Crippen LogP contribution in [0.2, 0.25) is 0 Å². The van der Waals surface area contributed by atoms with Gasteiger partial charge in [0.05, 0.1) is 5.70 Å². The van der Waals surface area contributed by atoms with Gasteiger partial charge in [-0.25, -0.2) is 0 Å². The maximum absolute atomic E-state index is 13.6. The van der Waals surface area contributed by atoms with Gasteiger partial charge in [-0.15, -0.1) is 22.9 Å². The van der Waals surface area contributed by atoms with E-state index in [1.165, 1.54) is 22.3 Å². The minimum absolute atomic E-state index is 0.0194. The van der Waals surface area contributed by atoms with E-state index >= 15 is 0 Å². The lowest BCUT2D eigenvalue weighted by atomic mass is 9.90. The Labute approximate surface area is 297 Å². The number of allylic oxidation sites excluding steroid dienone is 2. The molecule has 1 unspecified atom stereocenters. The highest BCUT2D eigenvalue weighted by Crippen LogP contribution is 2.32. The molecule has 6 rings (SSSR count). The van der Waals surface area contributed by atoms with Gasteiger partial charge in [0.15, 0.2) is 5.78 Å². The topological polar surface area (TPSA) is 125 Å². The number of fused-ring (bicyclic) bond motifs is 2. The molecular weight excluding hydrogens is 672 g/mol. The smallest absolute Gasteiger partial charge is 0.248 e. The van der Waals surface area contributed by atoms with Crippen molar-refractivity contribution in [3.05, 3.63) is 142 Å². The Morgan fingerprint density at radius 3 is 2.18 bits per heavy atom. The summed E-state index contributed by atoms with van der Waals surface area (Å²) in [6.07, 6.45) is 1.93. The van der Waals surface area contributed by atoms with Gasteiger partial charge >= 0.3 is 0 Å². The van der Waals surface area contributed by atoms with E-state index in [1.54, 1.807) is 42.5 Å². The number of anilines is 2. The van der Waals surface area contributed by atoms with Gasteiger partial charge in [-0.3, -0.25) is 28.9 Å². The molecule has 0 aliphatic heterocycles. The Balaban J connectivity index is 1.08. The van der Waals surface area contributed by atoms with Crippen LogP contribution in [0.3, 0.4) is 0 Å². The zero-order chi connectivity index (χ0) is 35.0. The van der Waals surface area contributed by atoms with Gasteiger partial charge in [0, 0.05) is 53.0 Å². The maximum atomic E-state index is 13.6. The third-order valence-electron chi connectivity index (χ3n) is 8.27. The average molecular weight is 705 g/mol. The molecule has 1 heterocycles. The number of rotatable bonds is 13. The molecule has 3 amide bonds. The molecule has 252 valence electrons. The molecule has 4 aromatic carbocycles. The fourth-order valence-corrected chi connectivity index (χ4v) is 6.76. The molecule has 0 fully saturated rings. The van der Waals surface area contributed by atoms with Gasteiger partial charge < -0.3 is 16.0 Å². The summed E-state index contributed by atoms with van der Waals surface area (Å²) < 4.78 is 0. The highest BCUT2D eigenvalue weighted by atomic mass is 35.5. The van der Waals surface area contributed by atoms with Crippen LogP contribution in [0.5, 0.6) is 0 Å². The van der Waals surface area contributed by atoms with E-state index < -0.39 is 11.9 Å². The molecule has 1 aromatic heterocycles. The van der Waals surface area contributed by atoms with E-state index in [2.05, 4.69) is 16.0 Å². The second kappa shape index (κ2) is 15.8. The minimum atomic E-state index is -0.946. The molecule has 50 heavy (non-hydrogen) atoms. The van der Waals surface area contributed by atoms with E-state index in [4.69, 9.17) is 11.6 Å². The van der Waals surface area contributed by atoms with E-state index in [9.17, 15) is 24.0 Å².